The molecule has 0 aliphatic heterocycles. The molecule has 2 heteroatoms. The van der Waals surface area contributed by atoms with Crippen LogP contribution in [0.1, 0.15) is 41.6 Å². The summed E-state index contributed by atoms with van der Waals surface area (Å²) >= 11 is 6.25. The van der Waals surface area contributed by atoms with Crippen molar-refractivity contribution in [3.63, 3.8) is 0 Å². The van der Waals surface area contributed by atoms with Crippen LogP contribution < -0.4 is 0 Å². The molecule has 0 radical (unpaired) electrons. The van der Waals surface area contributed by atoms with Gasteiger partial charge in [0.15, 0.2) is 5.78 Å². The third-order valence-electron chi connectivity index (χ3n) is 3.63. The summed E-state index contributed by atoms with van der Waals surface area (Å²) in [5.41, 5.74) is 2.01. The Morgan fingerprint density at radius 2 is 1.94 bits per heavy atom. The maximum Gasteiger partial charge on any atom is 0.163 e. The fourth-order valence-corrected chi connectivity index (χ4v) is 3.02. The highest BCUT2D eigenvalue weighted by Gasteiger charge is 2.25. The second kappa shape index (κ2) is 3.85. The minimum atomic E-state index is 0.228. The number of Topliss-reactive ketones (excluding diaryl/α,β-unsaturated/α-hetero) is 1. The average Bonchev–Trinajstić information content (AvgIpc) is 2.34. The molecule has 1 unspecified atom stereocenters. The topological polar surface area (TPSA) is 17.1 Å². The lowest BCUT2D eigenvalue weighted by Crippen LogP contribution is -2.14. The summed E-state index contributed by atoms with van der Waals surface area (Å²) in [5.74, 6) is 0.663. The van der Waals surface area contributed by atoms with Crippen molar-refractivity contribution in [3.05, 3.63) is 46.5 Å². The van der Waals surface area contributed by atoms with Gasteiger partial charge in [0.1, 0.15) is 0 Å². The molecule has 2 aromatic carbocycles. The number of fused-ring (bicyclic) bond motifs is 3. The molecule has 3 rings (SSSR count). The molecule has 1 atom stereocenters. The van der Waals surface area contributed by atoms with Crippen molar-refractivity contribution in [1.29, 1.82) is 0 Å². The van der Waals surface area contributed by atoms with E-state index in [1.807, 2.05) is 24.3 Å². The third-order valence-corrected chi connectivity index (χ3v) is 3.95. The molecule has 0 fully saturated rings. The van der Waals surface area contributed by atoms with Crippen LogP contribution >= 0.6 is 11.6 Å². The number of hydrogen-bond donors (Lipinski definition) is 0. The van der Waals surface area contributed by atoms with Gasteiger partial charge in [0, 0.05) is 22.4 Å². The van der Waals surface area contributed by atoms with E-state index in [0.717, 1.165) is 22.8 Å². The predicted octanol–water partition coefficient (Wildman–Crippen LogP) is 4.57. The minimum absolute atomic E-state index is 0.228. The van der Waals surface area contributed by atoms with Crippen LogP contribution in [0.5, 0.6) is 0 Å². The van der Waals surface area contributed by atoms with Crippen LogP contribution in [-0.2, 0) is 0 Å². The summed E-state index contributed by atoms with van der Waals surface area (Å²) in [4.78, 5) is 12.0. The Morgan fingerprint density at radius 1 is 1.24 bits per heavy atom. The highest BCUT2D eigenvalue weighted by atomic mass is 35.5. The molecule has 0 N–H and O–H groups in total. The van der Waals surface area contributed by atoms with E-state index in [1.54, 1.807) is 0 Å². The molecule has 1 aliphatic rings. The first kappa shape index (κ1) is 10.8. The molecular formula is C15H13ClO. The molecule has 86 valence electrons. The van der Waals surface area contributed by atoms with Gasteiger partial charge in [0.05, 0.1) is 0 Å². The lowest BCUT2D eigenvalue weighted by atomic mass is 9.80. The fraction of sp³-hybridized carbons (Fsp3) is 0.267. The van der Waals surface area contributed by atoms with E-state index in [-0.39, 0.29) is 5.78 Å². The quantitative estimate of drug-likeness (QED) is 0.663. The first-order valence-electron chi connectivity index (χ1n) is 5.93. The Kier molecular flexibility index (Phi) is 2.44. The summed E-state index contributed by atoms with van der Waals surface area (Å²) in [7, 11) is 0. The largest absolute Gasteiger partial charge is 0.294 e. The third kappa shape index (κ3) is 1.57. The molecule has 0 bridgehead atoms. The molecule has 0 saturated heterocycles. The van der Waals surface area contributed by atoms with Gasteiger partial charge in [-0.15, -0.1) is 0 Å². The molecule has 0 spiro atoms. The number of ketones is 1. The smallest absolute Gasteiger partial charge is 0.163 e. The van der Waals surface area contributed by atoms with E-state index >= 15 is 0 Å². The van der Waals surface area contributed by atoms with Crippen molar-refractivity contribution in [2.45, 2.75) is 25.7 Å². The molecule has 2 aromatic rings. The van der Waals surface area contributed by atoms with Crippen LogP contribution in [-0.4, -0.2) is 5.78 Å². The van der Waals surface area contributed by atoms with E-state index in [1.165, 1.54) is 5.56 Å². The molecule has 0 heterocycles. The van der Waals surface area contributed by atoms with E-state index in [4.69, 9.17) is 11.6 Å². The molecule has 1 nitrogen and oxygen atoms in total. The first-order chi connectivity index (χ1) is 8.18. The predicted molar refractivity (Wildman–Crippen MR) is 70.9 cm³/mol. The van der Waals surface area contributed by atoms with Gasteiger partial charge in [0.2, 0.25) is 0 Å². The van der Waals surface area contributed by atoms with Gasteiger partial charge < -0.3 is 0 Å². The van der Waals surface area contributed by atoms with Crippen molar-refractivity contribution in [2.75, 3.05) is 0 Å². The summed E-state index contributed by atoms with van der Waals surface area (Å²) < 4.78 is 0. The van der Waals surface area contributed by atoms with Crippen molar-refractivity contribution in [3.8, 4) is 0 Å². The van der Waals surface area contributed by atoms with E-state index < -0.39 is 0 Å². The molecular weight excluding hydrogens is 232 g/mol. The summed E-state index contributed by atoms with van der Waals surface area (Å²) in [5, 5.41) is 2.87. The van der Waals surface area contributed by atoms with E-state index in [0.29, 0.717) is 17.4 Å². The SMILES string of the molecule is CC1CCC(=O)c2cc(Cl)c3ccccc3c21. The highest BCUT2D eigenvalue weighted by Crippen LogP contribution is 2.39. The molecule has 0 amide bonds. The summed E-state index contributed by atoms with van der Waals surface area (Å²) in [6, 6.07) is 9.91. The van der Waals surface area contributed by atoms with Gasteiger partial charge in [-0.05, 0) is 29.4 Å². The first-order valence-corrected chi connectivity index (χ1v) is 6.30. The normalized spacial score (nSPS) is 19.4. The van der Waals surface area contributed by atoms with E-state index in [2.05, 4.69) is 13.0 Å². The summed E-state index contributed by atoms with van der Waals surface area (Å²) in [6.45, 7) is 2.19. The van der Waals surface area contributed by atoms with Gasteiger partial charge in [-0.2, -0.15) is 0 Å². The molecule has 17 heavy (non-hydrogen) atoms. The van der Waals surface area contributed by atoms with Crippen molar-refractivity contribution in [2.24, 2.45) is 0 Å². The zero-order chi connectivity index (χ0) is 12.0. The number of carbonyl (C=O) groups excluding carboxylic acids is 1. The Labute approximate surface area is 105 Å². The fourth-order valence-electron chi connectivity index (χ4n) is 2.74. The van der Waals surface area contributed by atoms with Gasteiger partial charge in [0.25, 0.3) is 0 Å². The van der Waals surface area contributed by atoms with Gasteiger partial charge in [-0.1, -0.05) is 42.8 Å². The lowest BCUT2D eigenvalue weighted by Gasteiger charge is -2.23. The maximum absolute atomic E-state index is 12.0. The second-order valence-electron chi connectivity index (χ2n) is 4.73. The van der Waals surface area contributed by atoms with Crippen LogP contribution in [0.15, 0.2) is 30.3 Å². The number of benzene rings is 2. The monoisotopic (exact) mass is 244 g/mol. The minimum Gasteiger partial charge on any atom is -0.294 e. The van der Waals surface area contributed by atoms with Crippen molar-refractivity contribution < 1.29 is 4.79 Å². The Balaban J connectivity index is 2.45. The van der Waals surface area contributed by atoms with Crippen LogP contribution in [0.4, 0.5) is 0 Å². The zero-order valence-corrected chi connectivity index (χ0v) is 10.4. The van der Waals surface area contributed by atoms with Gasteiger partial charge in [-0.3, -0.25) is 4.79 Å². The van der Waals surface area contributed by atoms with Crippen LogP contribution in [0.3, 0.4) is 0 Å². The van der Waals surface area contributed by atoms with Gasteiger partial charge >= 0.3 is 0 Å². The van der Waals surface area contributed by atoms with Crippen LogP contribution in [0, 0.1) is 0 Å². The van der Waals surface area contributed by atoms with Crippen LogP contribution in [0.25, 0.3) is 10.8 Å². The Morgan fingerprint density at radius 3 is 2.71 bits per heavy atom. The lowest BCUT2D eigenvalue weighted by molar-refractivity contribution is 0.0968. The standard InChI is InChI=1S/C15H13ClO/c1-9-6-7-14(17)12-8-13(16)10-4-2-3-5-11(10)15(9)12/h2-5,8-9H,6-7H2,1H3. The average molecular weight is 245 g/mol. The van der Waals surface area contributed by atoms with Crippen molar-refractivity contribution >= 4 is 28.2 Å². The van der Waals surface area contributed by atoms with E-state index in [9.17, 15) is 4.79 Å². The van der Waals surface area contributed by atoms with Crippen molar-refractivity contribution in [1.82, 2.24) is 0 Å². The van der Waals surface area contributed by atoms with Gasteiger partial charge in [-0.25, -0.2) is 0 Å². The maximum atomic E-state index is 12.0. The zero-order valence-electron chi connectivity index (χ0n) is 9.66. The number of carbonyl (C=O) groups is 1. The highest BCUT2D eigenvalue weighted by molar-refractivity contribution is 6.36. The van der Waals surface area contributed by atoms with Crippen LogP contribution in [0.2, 0.25) is 5.02 Å². The Bertz CT molecular complexity index is 616. The molecule has 1 aliphatic carbocycles. The number of hydrogen-bond acceptors (Lipinski definition) is 1. The number of halogens is 1. The Hall–Kier alpha value is -1.34. The number of rotatable bonds is 0. The summed E-state index contributed by atoms with van der Waals surface area (Å²) in [6.07, 6.45) is 1.58. The molecule has 0 saturated carbocycles. The second-order valence-corrected chi connectivity index (χ2v) is 5.14. The molecule has 0 aromatic heterocycles.